The maximum atomic E-state index is 5.92. The van der Waals surface area contributed by atoms with Crippen LogP contribution in [0.3, 0.4) is 0 Å². The highest BCUT2D eigenvalue weighted by atomic mass is 16.7. The normalized spacial score (nSPS) is 26.9. The molecular formula is C15H18N4O. The van der Waals surface area contributed by atoms with Gasteiger partial charge in [0.05, 0.1) is 0 Å². The van der Waals surface area contributed by atoms with Crippen molar-refractivity contribution in [3.05, 3.63) is 54.4 Å². The lowest BCUT2D eigenvalue weighted by atomic mass is 9.99. The third-order valence-corrected chi connectivity index (χ3v) is 3.55. The van der Waals surface area contributed by atoms with Crippen LogP contribution < -0.4 is 11.1 Å². The summed E-state index contributed by atoms with van der Waals surface area (Å²) in [6.45, 7) is 1.97. The summed E-state index contributed by atoms with van der Waals surface area (Å²) in [4.78, 5) is 9.97. The van der Waals surface area contributed by atoms with Crippen LogP contribution in [0.1, 0.15) is 12.5 Å². The van der Waals surface area contributed by atoms with E-state index in [2.05, 4.69) is 22.4 Å². The first-order valence-corrected chi connectivity index (χ1v) is 6.55. The Morgan fingerprint density at radius 1 is 1.30 bits per heavy atom. The van der Waals surface area contributed by atoms with E-state index in [1.807, 2.05) is 44.4 Å². The number of nitrogens with zero attached hydrogens (tertiary/aromatic N) is 2. The minimum Gasteiger partial charge on any atom is -0.302 e. The number of aromatic nitrogens is 1. The Morgan fingerprint density at radius 3 is 2.75 bits per heavy atom. The summed E-state index contributed by atoms with van der Waals surface area (Å²) in [5.74, 6) is 0. The SMILES string of the molecule is CN1OC(C)(c2cccc(-c3cccnc3)c2)NC1N. The van der Waals surface area contributed by atoms with Crippen LogP contribution in [0, 0.1) is 0 Å². The van der Waals surface area contributed by atoms with E-state index >= 15 is 0 Å². The minimum absolute atomic E-state index is 0.318. The first-order chi connectivity index (χ1) is 9.58. The Hall–Kier alpha value is -1.79. The quantitative estimate of drug-likeness (QED) is 0.868. The molecule has 2 aromatic rings. The fourth-order valence-electron chi connectivity index (χ4n) is 2.41. The molecule has 0 amide bonds. The van der Waals surface area contributed by atoms with E-state index in [0.717, 1.165) is 16.7 Å². The zero-order chi connectivity index (χ0) is 14.2. The molecule has 1 aliphatic heterocycles. The molecule has 1 saturated heterocycles. The highest BCUT2D eigenvalue weighted by Gasteiger charge is 2.39. The summed E-state index contributed by atoms with van der Waals surface area (Å²) in [6.07, 6.45) is 3.30. The van der Waals surface area contributed by atoms with Crippen molar-refractivity contribution in [1.82, 2.24) is 15.4 Å². The Morgan fingerprint density at radius 2 is 2.10 bits per heavy atom. The Balaban J connectivity index is 1.96. The van der Waals surface area contributed by atoms with Gasteiger partial charge < -0.3 is 5.73 Å². The third kappa shape index (κ3) is 2.32. The average molecular weight is 270 g/mol. The lowest BCUT2D eigenvalue weighted by Gasteiger charge is -2.24. The molecule has 0 spiro atoms. The van der Waals surface area contributed by atoms with Crippen molar-refractivity contribution in [2.24, 2.45) is 5.73 Å². The second kappa shape index (κ2) is 4.96. The van der Waals surface area contributed by atoms with E-state index in [-0.39, 0.29) is 6.29 Å². The number of nitrogens with one attached hydrogen (secondary N) is 1. The summed E-state index contributed by atoms with van der Waals surface area (Å²) >= 11 is 0. The largest absolute Gasteiger partial charge is 0.302 e. The van der Waals surface area contributed by atoms with E-state index in [1.54, 1.807) is 11.3 Å². The van der Waals surface area contributed by atoms with Crippen molar-refractivity contribution >= 4 is 0 Å². The standard InChI is InChI=1S/C15H18N4O/c1-15(18-14(16)19(2)20-15)13-7-3-5-11(9-13)12-6-4-8-17-10-12/h3-10,14,18H,16H2,1-2H3. The van der Waals surface area contributed by atoms with Gasteiger partial charge in [-0.15, -0.1) is 0 Å². The van der Waals surface area contributed by atoms with Crippen LogP contribution in [0.25, 0.3) is 11.1 Å². The molecule has 2 atom stereocenters. The number of pyridine rings is 1. The Bertz CT molecular complexity index is 592. The molecule has 0 saturated carbocycles. The molecule has 0 radical (unpaired) electrons. The average Bonchev–Trinajstić information content (AvgIpc) is 2.74. The van der Waals surface area contributed by atoms with Gasteiger partial charge in [-0.2, -0.15) is 5.06 Å². The van der Waals surface area contributed by atoms with Crippen LogP contribution in [0.4, 0.5) is 0 Å². The van der Waals surface area contributed by atoms with Crippen molar-refractivity contribution < 1.29 is 4.84 Å². The van der Waals surface area contributed by atoms with Gasteiger partial charge in [0.1, 0.15) is 6.29 Å². The number of hydrogen-bond donors (Lipinski definition) is 2. The van der Waals surface area contributed by atoms with E-state index in [0.29, 0.717) is 0 Å². The van der Waals surface area contributed by atoms with Crippen LogP contribution in [-0.2, 0) is 10.6 Å². The van der Waals surface area contributed by atoms with Crippen molar-refractivity contribution in [3.8, 4) is 11.1 Å². The molecule has 1 aliphatic rings. The summed E-state index contributed by atoms with van der Waals surface area (Å²) in [5, 5.41) is 4.86. The molecule has 3 rings (SSSR count). The van der Waals surface area contributed by atoms with E-state index in [4.69, 9.17) is 10.6 Å². The fourth-order valence-corrected chi connectivity index (χ4v) is 2.41. The van der Waals surface area contributed by atoms with Gasteiger partial charge in [-0.05, 0) is 30.2 Å². The van der Waals surface area contributed by atoms with Gasteiger partial charge in [-0.25, -0.2) is 0 Å². The first-order valence-electron chi connectivity index (χ1n) is 6.55. The van der Waals surface area contributed by atoms with Gasteiger partial charge in [0, 0.05) is 25.0 Å². The molecule has 5 nitrogen and oxygen atoms in total. The van der Waals surface area contributed by atoms with E-state index < -0.39 is 5.72 Å². The molecule has 5 heteroatoms. The molecule has 1 aromatic carbocycles. The Kier molecular flexibility index (Phi) is 3.27. The molecule has 2 heterocycles. The maximum absolute atomic E-state index is 5.92. The molecule has 2 unspecified atom stereocenters. The van der Waals surface area contributed by atoms with Crippen molar-refractivity contribution in [2.75, 3.05) is 7.05 Å². The van der Waals surface area contributed by atoms with Gasteiger partial charge >= 0.3 is 0 Å². The van der Waals surface area contributed by atoms with Gasteiger partial charge in [0.25, 0.3) is 0 Å². The van der Waals surface area contributed by atoms with Gasteiger partial charge in [0.15, 0.2) is 5.72 Å². The van der Waals surface area contributed by atoms with Crippen LogP contribution in [-0.4, -0.2) is 23.4 Å². The van der Waals surface area contributed by atoms with Crippen molar-refractivity contribution in [3.63, 3.8) is 0 Å². The second-order valence-corrected chi connectivity index (χ2v) is 5.08. The predicted octanol–water partition coefficient (Wildman–Crippen LogP) is 1.63. The lowest BCUT2D eigenvalue weighted by molar-refractivity contribution is -0.188. The molecule has 0 bridgehead atoms. The molecule has 1 aromatic heterocycles. The highest BCUT2D eigenvalue weighted by molar-refractivity contribution is 5.63. The van der Waals surface area contributed by atoms with Crippen LogP contribution >= 0.6 is 0 Å². The number of rotatable bonds is 2. The van der Waals surface area contributed by atoms with Crippen LogP contribution in [0.5, 0.6) is 0 Å². The Labute approximate surface area is 118 Å². The molecule has 20 heavy (non-hydrogen) atoms. The van der Waals surface area contributed by atoms with E-state index in [1.165, 1.54) is 0 Å². The first kappa shape index (κ1) is 13.2. The fraction of sp³-hybridized carbons (Fsp3) is 0.267. The number of nitrogens with two attached hydrogens (primary N) is 1. The lowest BCUT2D eigenvalue weighted by Crippen LogP contribution is -2.45. The molecule has 3 N–H and O–H groups in total. The highest BCUT2D eigenvalue weighted by Crippen LogP contribution is 2.31. The molecule has 1 fully saturated rings. The van der Waals surface area contributed by atoms with Gasteiger partial charge in [0.2, 0.25) is 0 Å². The van der Waals surface area contributed by atoms with Crippen molar-refractivity contribution in [2.45, 2.75) is 18.9 Å². The molecule has 0 aliphatic carbocycles. The van der Waals surface area contributed by atoms with Crippen LogP contribution in [0.2, 0.25) is 0 Å². The maximum Gasteiger partial charge on any atom is 0.165 e. The summed E-state index contributed by atoms with van der Waals surface area (Å²) in [6, 6.07) is 12.2. The van der Waals surface area contributed by atoms with Gasteiger partial charge in [-0.1, -0.05) is 24.3 Å². The van der Waals surface area contributed by atoms with Crippen molar-refractivity contribution in [1.29, 1.82) is 0 Å². The molecule has 104 valence electrons. The number of hydrogen-bond acceptors (Lipinski definition) is 5. The number of hydroxylamine groups is 2. The zero-order valence-electron chi connectivity index (χ0n) is 11.6. The smallest absolute Gasteiger partial charge is 0.165 e. The summed E-state index contributed by atoms with van der Waals surface area (Å²) in [5.41, 5.74) is 8.51. The van der Waals surface area contributed by atoms with Crippen LogP contribution in [0.15, 0.2) is 48.8 Å². The van der Waals surface area contributed by atoms with Gasteiger partial charge in [-0.3, -0.25) is 15.1 Å². The summed E-state index contributed by atoms with van der Waals surface area (Å²) < 4.78 is 0. The minimum atomic E-state index is -0.619. The molecular weight excluding hydrogens is 252 g/mol. The monoisotopic (exact) mass is 270 g/mol. The topological polar surface area (TPSA) is 63.4 Å². The third-order valence-electron chi connectivity index (χ3n) is 3.55. The second-order valence-electron chi connectivity index (χ2n) is 5.08. The zero-order valence-corrected chi connectivity index (χ0v) is 11.6. The summed E-state index contributed by atoms with van der Waals surface area (Å²) in [7, 11) is 1.81. The van der Waals surface area contributed by atoms with E-state index in [9.17, 15) is 0 Å². The number of benzene rings is 1. The predicted molar refractivity (Wildman–Crippen MR) is 77.0 cm³/mol.